The minimum atomic E-state index is -3.27. The second-order valence-corrected chi connectivity index (χ2v) is 7.80. The first-order valence-electron chi connectivity index (χ1n) is 7.99. The molecule has 0 aliphatic carbocycles. The summed E-state index contributed by atoms with van der Waals surface area (Å²) in [7, 11) is -1.91. The van der Waals surface area contributed by atoms with E-state index in [4.69, 9.17) is 4.74 Å². The molecular formula is C16H23FN2O4S. The monoisotopic (exact) mass is 358 g/mol. The van der Waals surface area contributed by atoms with Crippen molar-refractivity contribution in [2.45, 2.75) is 19.8 Å². The zero-order valence-electron chi connectivity index (χ0n) is 14.0. The SMILES string of the molecule is CCCS(=O)(=O)N1CCCN(C(=O)c2ccc(OC)c(F)c2)CC1. The van der Waals surface area contributed by atoms with Gasteiger partial charge in [0.2, 0.25) is 10.0 Å². The van der Waals surface area contributed by atoms with Gasteiger partial charge in [0, 0.05) is 31.7 Å². The van der Waals surface area contributed by atoms with Crippen LogP contribution in [0, 0.1) is 5.82 Å². The molecule has 24 heavy (non-hydrogen) atoms. The zero-order chi connectivity index (χ0) is 17.7. The van der Waals surface area contributed by atoms with Crippen LogP contribution in [0.2, 0.25) is 0 Å². The van der Waals surface area contributed by atoms with Crippen LogP contribution in [0.1, 0.15) is 30.1 Å². The molecule has 0 radical (unpaired) electrons. The molecule has 1 fully saturated rings. The number of nitrogens with zero attached hydrogens (tertiary/aromatic N) is 2. The minimum Gasteiger partial charge on any atom is -0.494 e. The molecule has 0 saturated carbocycles. The molecule has 134 valence electrons. The number of carbonyl (C=O) groups excluding carboxylic acids is 1. The number of sulfonamides is 1. The molecule has 0 atom stereocenters. The summed E-state index contributed by atoms with van der Waals surface area (Å²) >= 11 is 0. The Morgan fingerprint density at radius 1 is 1.25 bits per heavy atom. The van der Waals surface area contributed by atoms with Crippen LogP contribution in [0.3, 0.4) is 0 Å². The van der Waals surface area contributed by atoms with Gasteiger partial charge in [-0.1, -0.05) is 6.92 Å². The van der Waals surface area contributed by atoms with Crippen molar-refractivity contribution >= 4 is 15.9 Å². The van der Waals surface area contributed by atoms with Gasteiger partial charge >= 0.3 is 0 Å². The summed E-state index contributed by atoms with van der Waals surface area (Å²) in [5.74, 6) is -0.694. The summed E-state index contributed by atoms with van der Waals surface area (Å²) < 4.78 is 44.4. The van der Waals surface area contributed by atoms with Crippen LogP contribution in [-0.2, 0) is 10.0 Å². The maximum absolute atomic E-state index is 13.8. The van der Waals surface area contributed by atoms with Gasteiger partial charge < -0.3 is 9.64 Å². The summed E-state index contributed by atoms with van der Waals surface area (Å²) in [6, 6.07) is 4.08. The lowest BCUT2D eigenvalue weighted by Crippen LogP contribution is -2.38. The predicted molar refractivity (Wildman–Crippen MR) is 89.1 cm³/mol. The van der Waals surface area contributed by atoms with E-state index in [0.717, 1.165) is 6.07 Å². The quantitative estimate of drug-likeness (QED) is 0.804. The number of rotatable bonds is 5. The predicted octanol–water partition coefficient (Wildman–Crippen LogP) is 1.72. The van der Waals surface area contributed by atoms with E-state index in [9.17, 15) is 17.6 Å². The Bertz CT molecular complexity index is 693. The Labute approximate surface area is 142 Å². The van der Waals surface area contributed by atoms with Crippen molar-refractivity contribution in [1.29, 1.82) is 0 Å². The molecule has 1 saturated heterocycles. The first-order chi connectivity index (χ1) is 11.4. The number of benzene rings is 1. The largest absolute Gasteiger partial charge is 0.494 e. The van der Waals surface area contributed by atoms with Gasteiger partial charge in [-0.25, -0.2) is 17.1 Å². The van der Waals surface area contributed by atoms with Gasteiger partial charge in [-0.3, -0.25) is 4.79 Å². The maximum Gasteiger partial charge on any atom is 0.254 e. The average Bonchev–Trinajstić information content (AvgIpc) is 2.80. The minimum absolute atomic E-state index is 0.0826. The van der Waals surface area contributed by atoms with E-state index in [0.29, 0.717) is 32.5 Å². The number of amides is 1. The Hall–Kier alpha value is -1.67. The Morgan fingerprint density at radius 3 is 2.62 bits per heavy atom. The lowest BCUT2D eigenvalue weighted by atomic mass is 10.1. The Balaban J connectivity index is 2.08. The molecule has 0 N–H and O–H groups in total. The molecule has 1 aromatic rings. The zero-order valence-corrected chi connectivity index (χ0v) is 14.8. The van der Waals surface area contributed by atoms with Crippen LogP contribution in [0.5, 0.6) is 5.75 Å². The molecule has 0 spiro atoms. The molecule has 1 aliphatic rings. The summed E-state index contributed by atoms with van der Waals surface area (Å²) in [4.78, 5) is 14.1. The normalized spacial score (nSPS) is 16.7. The average molecular weight is 358 g/mol. The lowest BCUT2D eigenvalue weighted by molar-refractivity contribution is 0.0763. The fourth-order valence-electron chi connectivity index (χ4n) is 2.74. The third-order valence-corrected chi connectivity index (χ3v) is 6.07. The summed E-state index contributed by atoms with van der Waals surface area (Å²) in [5, 5.41) is 0. The third-order valence-electron chi connectivity index (χ3n) is 4.00. The summed E-state index contributed by atoms with van der Waals surface area (Å²) in [6.07, 6.45) is 1.12. The first-order valence-corrected chi connectivity index (χ1v) is 9.60. The molecule has 2 rings (SSSR count). The van der Waals surface area contributed by atoms with Crippen molar-refractivity contribution in [3.05, 3.63) is 29.6 Å². The van der Waals surface area contributed by atoms with Crippen LogP contribution in [0.25, 0.3) is 0 Å². The molecule has 0 bridgehead atoms. The van der Waals surface area contributed by atoms with E-state index in [1.165, 1.54) is 23.5 Å². The van der Waals surface area contributed by atoms with E-state index in [1.54, 1.807) is 4.90 Å². The number of hydrogen-bond donors (Lipinski definition) is 0. The summed E-state index contributed by atoms with van der Waals surface area (Å²) in [5.41, 5.74) is 0.234. The van der Waals surface area contributed by atoms with Crippen LogP contribution in [-0.4, -0.2) is 62.6 Å². The number of hydrogen-bond acceptors (Lipinski definition) is 4. The van der Waals surface area contributed by atoms with Gasteiger partial charge in [-0.2, -0.15) is 0 Å². The van der Waals surface area contributed by atoms with Crippen LogP contribution < -0.4 is 4.74 Å². The second kappa shape index (κ2) is 7.94. The summed E-state index contributed by atoms with van der Waals surface area (Å²) in [6.45, 7) is 3.25. The number of carbonyl (C=O) groups is 1. The van der Waals surface area contributed by atoms with E-state index < -0.39 is 15.8 Å². The number of methoxy groups -OCH3 is 1. The second-order valence-electron chi connectivity index (χ2n) is 5.71. The van der Waals surface area contributed by atoms with Crippen LogP contribution in [0.15, 0.2) is 18.2 Å². The van der Waals surface area contributed by atoms with E-state index >= 15 is 0 Å². The Kier molecular flexibility index (Phi) is 6.17. The standard InChI is InChI=1S/C16H23FN2O4S/c1-3-11-24(21,22)19-8-4-7-18(9-10-19)16(20)13-5-6-15(23-2)14(17)12-13/h5-6,12H,3-4,7-11H2,1-2H3. The van der Waals surface area contributed by atoms with Crippen LogP contribution in [0.4, 0.5) is 4.39 Å². The van der Waals surface area contributed by atoms with Crippen molar-refractivity contribution in [3.8, 4) is 5.75 Å². The van der Waals surface area contributed by atoms with Gasteiger partial charge in [0.05, 0.1) is 12.9 Å². The molecule has 1 aromatic carbocycles. The maximum atomic E-state index is 13.8. The fraction of sp³-hybridized carbons (Fsp3) is 0.562. The molecule has 0 aromatic heterocycles. The van der Waals surface area contributed by atoms with Crippen molar-refractivity contribution in [2.75, 3.05) is 39.0 Å². The van der Waals surface area contributed by atoms with Gasteiger partial charge in [0.1, 0.15) is 0 Å². The lowest BCUT2D eigenvalue weighted by Gasteiger charge is -2.22. The molecule has 8 heteroatoms. The molecule has 1 amide bonds. The van der Waals surface area contributed by atoms with Gasteiger partial charge in [0.15, 0.2) is 11.6 Å². The van der Waals surface area contributed by atoms with Crippen molar-refractivity contribution < 1.29 is 22.3 Å². The number of halogens is 1. The van der Waals surface area contributed by atoms with E-state index in [-0.39, 0.29) is 29.5 Å². The highest BCUT2D eigenvalue weighted by Crippen LogP contribution is 2.19. The Morgan fingerprint density at radius 2 is 2.00 bits per heavy atom. The van der Waals surface area contributed by atoms with E-state index in [2.05, 4.69) is 0 Å². The molecular weight excluding hydrogens is 335 g/mol. The van der Waals surface area contributed by atoms with Crippen molar-refractivity contribution in [3.63, 3.8) is 0 Å². The highest BCUT2D eigenvalue weighted by atomic mass is 32.2. The topological polar surface area (TPSA) is 66.9 Å². The molecule has 1 heterocycles. The smallest absolute Gasteiger partial charge is 0.254 e. The van der Waals surface area contributed by atoms with Gasteiger partial charge in [-0.05, 0) is 31.0 Å². The van der Waals surface area contributed by atoms with Crippen LogP contribution >= 0.6 is 0 Å². The van der Waals surface area contributed by atoms with Gasteiger partial charge in [0.25, 0.3) is 5.91 Å². The van der Waals surface area contributed by atoms with Crippen molar-refractivity contribution in [2.24, 2.45) is 0 Å². The molecule has 6 nitrogen and oxygen atoms in total. The highest BCUT2D eigenvalue weighted by molar-refractivity contribution is 7.89. The van der Waals surface area contributed by atoms with E-state index in [1.807, 2.05) is 6.92 Å². The molecule has 1 aliphatic heterocycles. The number of ether oxygens (including phenoxy) is 1. The fourth-order valence-corrected chi connectivity index (χ4v) is 4.29. The molecule has 0 unspecified atom stereocenters. The first kappa shape index (κ1) is 18.7. The third kappa shape index (κ3) is 4.24. The van der Waals surface area contributed by atoms with Gasteiger partial charge in [-0.15, -0.1) is 0 Å². The highest BCUT2D eigenvalue weighted by Gasteiger charge is 2.26. The van der Waals surface area contributed by atoms with Crippen molar-refractivity contribution in [1.82, 2.24) is 9.21 Å².